The molecule has 5 nitrogen and oxygen atoms in total. The summed E-state index contributed by atoms with van der Waals surface area (Å²) in [6, 6.07) is -0.773. The minimum atomic E-state index is -0.773. The van der Waals surface area contributed by atoms with E-state index in [1.807, 2.05) is 10.6 Å². The smallest absolute Gasteiger partial charge is 0.273 e. The van der Waals surface area contributed by atoms with E-state index in [0.717, 1.165) is 0 Å². The van der Waals surface area contributed by atoms with Crippen molar-refractivity contribution < 1.29 is 14.4 Å². The van der Waals surface area contributed by atoms with Gasteiger partial charge in [0.2, 0.25) is 0 Å². The van der Waals surface area contributed by atoms with E-state index < -0.39 is 17.8 Å². The summed E-state index contributed by atoms with van der Waals surface area (Å²) in [6.07, 6.45) is 3.52. The highest BCUT2D eigenvalue weighted by atomic mass is 32.2. The maximum absolute atomic E-state index is 11.3. The molecule has 0 aliphatic carbocycles. The molecule has 0 bridgehead atoms. The van der Waals surface area contributed by atoms with Crippen molar-refractivity contribution in [1.29, 1.82) is 0 Å². The van der Waals surface area contributed by atoms with Gasteiger partial charge in [0.1, 0.15) is 5.57 Å². The van der Waals surface area contributed by atoms with Gasteiger partial charge in [-0.05, 0) is 12.5 Å². The average Bonchev–Trinajstić information content (AvgIpc) is 2.10. The predicted octanol–water partition coefficient (Wildman–Crippen LogP) is 0.290. The SMILES string of the molecule is CSC(SC)=C1C(=O)NC(=O)NC1=O. The first-order chi connectivity index (χ1) is 6.60. The molecule has 0 saturated carbocycles. The van der Waals surface area contributed by atoms with Gasteiger partial charge in [0.05, 0.1) is 4.24 Å². The quantitative estimate of drug-likeness (QED) is 0.528. The first kappa shape index (κ1) is 11.1. The van der Waals surface area contributed by atoms with E-state index in [1.54, 1.807) is 12.5 Å². The van der Waals surface area contributed by atoms with E-state index in [2.05, 4.69) is 0 Å². The molecule has 0 aromatic heterocycles. The van der Waals surface area contributed by atoms with Gasteiger partial charge in [0, 0.05) is 0 Å². The summed E-state index contributed by atoms with van der Waals surface area (Å²) in [5, 5.41) is 4.03. The first-order valence-electron chi connectivity index (χ1n) is 3.59. The summed E-state index contributed by atoms with van der Waals surface area (Å²) in [4.78, 5) is 33.3. The van der Waals surface area contributed by atoms with Crippen LogP contribution in [0.25, 0.3) is 0 Å². The lowest BCUT2D eigenvalue weighted by atomic mass is 10.2. The van der Waals surface area contributed by atoms with Crippen LogP contribution in [-0.4, -0.2) is 30.4 Å². The highest BCUT2D eigenvalue weighted by molar-refractivity contribution is 8.21. The third-order valence-electron chi connectivity index (χ3n) is 1.48. The molecule has 0 aromatic rings. The maximum Gasteiger partial charge on any atom is 0.328 e. The lowest BCUT2D eigenvalue weighted by Crippen LogP contribution is -2.51. The monoisotopic (exact) mass is 232 g/mol. The van der Waals surface area contributed by atoms with E-state index in [9.17, 15) is 14.4 Å². The minimum Gasteiger partial charge on any atom is -0.273 e. The van der Waals surface area contributed by atoms with E-state index in [0.29, 0.717) is 4.24 Å². The second-order valence-corrected chi connectivity index (χ2v) is 4.20. The van der Waals surface area contributed by atoms with Crippen molar-refractivity contribution in [1.82, 2.24) is 10.6 Å². The molecule has 0 unspecified atom stereocenters. The molecule has 7 heteroatoms. The molecule has 1 rings (SSSR count). The van der Waals surface area contributed by atoms with Crippen LogP contribution in [-0.2, 0) is 9.59 Å². The third kappa shape index (κ3) is 2.10. The molecule has 0 spiro atoms. The Labute approximate surface area is 89.1 Å². The zero-order valence-electron chi connectivity index (χ0n) is 7.54. The Balaban J connectivity index is 3.08. The van der Waals surface area contributed by atoms with Gasteiger partial charge in [-0.3, -0.25) is 20.2 Å². The second kappa shape index (κ2) is 4.52. The van der Waals surface area contributed by atoms with Gasteiger partial charge in [-0.15, -0.1) is 23.5 Å². The summed E-state index contributed by atoms with van der Waals surface area (Å²) in [7, 11) is 0. The van der Waals surface area contributed by atoms with Gasteiger partial charge in [-0.1, -0.05) is 0 Å². The molecule has 2 N–H and O–H groups in total. The Morgan fingerprint density at radius 1 is 1.00 bits per heavy atom. The lowest BCUT2D eigenvalue weighted by molar-refractivity contribution is -0.124. The van der Waals surface area contributed by atoms with E-state index >= 15 is 0 Å². The number of hydrogen-bond donors (Lipinski definition) is 2. The number of rotatable bonds is 2. The molecule has 1 heterocycles. The van der Waals surface area contributed by atoms with Gasteiger partial charge in [0.15, 0.2) is 0 Å². The number of nitrogens with one attached hydrogen (secondary N) is 2. The molecule has 4 amide bonds. The van der Waals surface area contributed by atoms with Gasteiger partial charge in [0.25, 0.3) is 11.8 Å². The van der Waals surface area contributed by atoms with Crippen LogP contribution >= 0.6 is 23.5 Å². The fourth-order valence-corrected chi connectivity index (χ4v) is 2.38. The summed E-state index contributed by atoms with van der Waals surface area (Å²) in [5.41, 5.74) is 0.00426. The Morgan fingerprint density at radius 3 is 1.79 bits per heavy atom. The molecule has 0 atom stereocenters. The average molecular weight is 232 g/mol. The number of urea groups is 1. The summed E-state index contributed by atoms with van der Waals surface area (Å²) in [6.45, 7) is 0. The van der Waals surface area contributed by atoms with Gasteiger partial charge in [-0.2, -0.15) is 0 Å². The fraction of sp³-hybridized carbons (Fsp3) is 0.286. The Morgan fingerprint density at radius 2 is 1.43 bits per heavy atom. The van der Waals surface area contributed by atoms with Crippen molar-refractivity contribution in [2.75, 3.05) is 12.5 Å². The summed E-state index contributed by atoms with van der Waals surface area (Å²) >= 11 is 2.59. The molecule has 0 aromatic carbocycles. The van der Waals surface area contributed by atoms with Crippen LogP contribution in [0.15, 0.2) is 9.81 Å². The number of amides is 4. The minimum absolute atomic E-state index is 0.00426. The largest absolute Gasteiger partial charge is 0.328 e. The number of barbiturate groups is 1. The van der Waals surface area contributed by atoms with Crippen LogP contribution in [0.4, 0.5) is 4.79 Å². The van der Waals surface area contributed by atoms with E-state index in [1.165, 1.54) is 23.5 Å². The standard InChI is InChI=1S/C7H8N2O3S2/c1-13-6(14-2)3-4(10)8-7(12)9-5(3)11/h1-2H3,(H2,8,9,10,11,12). The fourth-order valence-electron chi connectivity index (χ4n) is 0.938. The maximum atomic E-state index is 11.3. The molecule has 1 aliphatic rings. The van der Waals surface area contributed by atoms with Gasteiger partial charge >= 0.3 is 6.03 Å². The molecule has 1 saturated heterocycles. The molecule has 1 fully saturated rings. The van der Waals surface area contributed by atoms with Crippen molar-refractivity contribution in [2.45, 2.75) is 0 Å². The van der Waals surface area contributed by atoms with Crippen molar-refractivity contribution in [3.63, 3.8) is 0 Å². The van der Waals surface area contributed by atoms with Crippen molar-refractivity contribution in [3.05, 3.63) is 9.81 Å². The molecule has 0 radical (unpaired) electrons. The van der Waals surface area contributed by atoms with Crippen molar-refractivity contribution >= 4 is 41.4 Å². The van der Waals surface area contributed by atoms with Crippen LogP contribution in [0, 0.1) is 0 Å². The molecular formula is C7H8N2O3S2. The van der Waals surface area contributed by atoms with Crippen LogP contribution < -0.4 is 10.6 Å². The Kier molecular flexibility index (Phi) is 3.59. The zero-order valence-corrected chi connectivity index (χ0v) is 9.17. The molecule has 14 heavy (non-hydrogen) atoms. The van der Waals surface area contributed by atoms with Crippen molar-refractivity contribution in [3.8, 4) is 0 Å². The normalized spacial score (nSPS) is 16.4. The van der Waals surface area contributed by atoms with E-state index in [4.69, 9.17) is 0 Å². The predicted molar refractivity (Wildman–Crippen MR) is 55.7 cm³/mol. The number of imide groups is 2. The number of thioether (sulfide) groups is 2. The zero-order chi connectivity index (χ0) is 10.7. The third-order valence-corrected chi connectivity index (χ3v) is 3.63. The van der Waals surface area contributed by atoms with Crippen LogP contribution in [0.3, 0.4) is 0 Å². The topological polar surface area (TPSA) is 75.3 Å². The summed E-state index contributed by atoms with van der Waals surface area (Å²) in [5.74, 6) is -1.28. The summed E-state index contributed by atoms with van der Waals surface area (Å²) < 4.78 is 0.590. The first-order valence-corrected chi connectivity index (χ1v) is 6.04. The number of hydrogen-bond acceptors (Lipinski definition) is 5. The molecule has 76 valence electrons. The molecule has 1 aliphatic heterocycles. The molecular weight excluding hydrogens is 224 g/mol. The lowest BCUT2D eigenvalue weighted by Gasteiger charge is -2.16. The second-order valence-electron chi connectivity index (χ2n) is 2.31. The van der Waals surface area contributed by atoms with E-state index in [-0.39, 0.29) is 5.57 Å². The van der Waals surface area contributed by atoms with Crippen LogP contribution in [0.5, 0.6) is 0 Å². The number of carbonyl (C=O) groups excluding carboxylic acids is 3. The Hall–Kier alpha value is -0.950. The highest BCUT2D eigenvalue weighted by Gasteiger charge is 2.30. The van der Waals surface area contributed by atoms with Crippen LogP contribution in [0.2, 0.25) is 0 Å². The van der Waals surface area contributed by atoms with Crippen molar-refractivity contribution in [2.24, 2.45) is 0 Å². The van der Waals surface area contributed by atoms with Crippen LogP contribution in [0.1, 0.15) is 0 Å². The van der Waals surface area contributed by atoms with Gasteiger partial charge in [-0.25, -0.2) is 4.79 Å². The highest BCUT2D eigenvalue weighted by Crippen LogP contribution is 2.28. The number of carbonyl (C=O) groups is 3. The van der Waals surface area contributed by atoms with Gasteiger partial charge < -0.3 is 0 Å². The Bertz CT molecular complexity index is 310.